The Bertz CT molecular complexity index is 366. The van der Waals surface area contributed by atoms with E-state index in [-0.39, 0.29) is 5.92 Å². The van der Waals surface area contributed by atoms with E-state index in [1.807, 2.05) is 0 Å². The van der Waals surface area contributed by atoms with Crippen LogP contribution in [0.15, 0.2) is 10.8 Å². The quantitative estimate of drug-likeness (QED) is 0.855. The molecule has 1 aromatic rings. The first-order valence-corrected chi connectivity index (χ1v) is 5.83. The van der Waals surface area contributed by atoms with Crippen LogP contribution in [0.5, 0.6) is 0 Å². The van der Waals surface area contributed by atoms with Crippen LogP contribution in [0.2, 0.25) is 0 Å². The van der Waals surface area contributed by atoms with Crippen molar-refractivity contribution in [3.8, 4) is 0 Å². The van der Waals surface area contributed by atoms with Crippen LogP contribution in [0.1, 0.15) is 49.5 Å². The Hall–Kier alpha value is -1.32. The minimum Gasteiger partial charge on any atom is -0.481 e. The van der Waals surface area contributed by atoms with E-state index >= 15 is 0 Å². The number of nitrogens with zero attached hydrogens (tertiary/aromatic N) is 1. The number of hydrogen-bond acceptors (Lipinski definition) is 3. The Balaban J connectivity index is 2.23. The van der Waals surface area contributed by atoms with Gasteiger partial charge in [-0.15, -0.1) is 0 Å². The smallest absolute Gasteiger partial charge is 0.314 e. The van der Waals surface area contributed by atoms with Crippen molar-refractivity contribution < 1.29 is 14.3 Å². The number of oxazole rings is 1. The van der Waals surface area contributed by atoms with Crippen LogP contribution in [0.4, 0.5) is 0 Å². The number of carboxylic acid groups (broad SMARTS) is 1. The molecule has 0 aliphatic heterocycles. The molecule has 1 aliphatic carbocycles. The molecule has 0 radical (unpaired) electrons. The lowest BCUT2D eigenvalue weighted by molar-refractivity contribution is -0.141. The fraction of sp³-hybridized carbons (Fsp3) is 0.667. The van der Waals surface area contributed by atoms with Crippen molar-refractivity contribution in [1.82, 2.24) is 4.98 Å². The number of carbonyl (C=O) groups is 1. The standard InChI is InChI=1S/C12H17NO3/c1-8-11(16-7-13-8)10(12(14)15)9-5-3-2-4-6-9/h7,9-10H,2-6H2,1H3,(H,14,15). The molecule has 1 aromatic heterocycles. The molecule has 1 aliphatic rings. The van der Waals surface area contributed by atoms with Crippen LogP contribution in [0.25, 0.3) is 0 Å². The van der Waals surface area contributed by atoms with Gasteiger partial charge in [-0.2, -0.15) is 0 Å². The molecule has 2 rings (SSSR count). The molecule has 1 saturated carbocycles. The van der Waals surface area contributed by atoms with Gasteiger partial charge in [0.05, 0.1) is 5.69 Å². The van der Waals surface area contributed by atoms with Gasteiger partial charge in [-0.3, -0.25) is 4.79 Å². The van der Waals surface area contributed by atoms with Gasteiger partial charge < -0.3 is 9.52 Å². The molecule has 1 atom stereocenters. The summed E-state index contributed by atoms with van der Waals surface area (Å²) in [6.45, 7) is 1.80. The molecule has 0 saturated heterocycles. The van der Waals surface area contributed by atoms with E-state index < -0.39 is 11.9 Å². The lowest BCUT2D eigenvalue weighted by Crippen LogP contribution is -2.23. The molecule has 1 unspecified atom stereocenters. The number of rotatable bonds is 3. The van der Waals surface area contributed by atoms with E-state index in [1.54, 1.807) is 6.92 Å². The summed E-state index contributed by atoms with van der Waals surface area (Å²) in [5, 5.41) is 9.33. The highest BCUT2D eigenvalue weighted by Gasteiger charge is 2.34. The predicted octanol–water partition coefficient (Wildman–Crippen LogP) is 2.73. The summed E-state index contributed by atoms with van der Waals surface area (Å²) in [4.78, 5) is 15.3. The molecule has 16 heavy (non-hydrogen) atoms. The number of aliphatic carboxylic acids is 1. The molecule has 0 spiro atoms. The Labute approximate surface area is 94.7 Å². The minimum absolute atomic E-state index is 0.206. The summed E-state index contributed by atoms with van der Waals surface area (Å²) in [6, 6.07) is 0. The summed E-state index contributed by atoms with van der Waals surface area (Å²) < 4.78 is 5.25. The maximum Gasteiger partial charge on any atom is 0.314 e. The third kappa shape index (κ3) is 2.10. The number of aromatic nitrogens is 1. The van der Waals surface area contributed by atoms with Gasteiger partial charge in [-0.1, -0.05) is 19.3 Å². The van der Waals surface area contributed by atoms with Crippen LogP contribution in [-0.4, -0.2) is 16.1 Å². The number of hydrogen-bond donors (Lipinski definition) is 1. The van der Waals surface area contributed by atoms with E-state index in [1.165, 1.54) is 12.8 Å². The third-order valence-corrected chi connectivity index (χ3v) is 3.45. The molecule has 1 heterocycles. The van der Waals surface area contributed by atoms with Crippen LogP contribution in [0.3, 0.4) is 0 Å². The van der Waals surface area contributed by atoms with Gasteiger partial charge in [0.15, 0.2) is 6.39 Å². The lowest BCUT2D eigenvalue weighted by atomic mass is 9.78. The molecule has 88 valence electrons. The maximum absolute atomic E-state index is 11.4. The zero-order chi connectivity index (χ0) is 11.5. The zero-order valence-corrected chi connectivity index (χ0v) is 9.48. The van der Waals surface area contributed by atoms with Crippen molar-refractivity contribution >= 4 is 5.97 Å². The van der Waals surface area contributed by atoms with Crippen LogP contribution in [-0.2, 0) is 4.79 Å². The van der Waals surface area contributed by atoms with E-state index in [2.05, 4.69) is 4.98 Å². The summed E-state index contributed by atoms with van der Waals surface area (Å²) >= 11 is 0. The lowest BCUT2D eigenvalue weighted by Gasteiger charge is -2.26. The van der Waals surface area contributed by atoms with E-state index in [9.17, 15) is 9.90 Å². The second kappa shape index (κ2) is 4.68. The van der Waals surface area contributed by atoms with Gasteiger partial charge >= 0.3 is 5.97 Å². The summed E-state index contributed by atoms with van der Waals surface area (Å²) in [6.07, 6.45) is 6.78. The van der Waals surface area contributed by atoms with Crippen LogP contribution in [0, 0.1) is 12.8 Å². The number of carboxylic acids is 1. The SMILES string of the molecule is Cc1ncoc1C(C(=O)O)C1CCCCC1. The van der Waals surface area contributed by atoms with Crippen molar-refractivity contribution in [2.45, 2.75) is 44.9 Å². The van der Waals surface area contributed by atoms with E-state index in [0.29, 0.717) is 11.5 Å². The van der Waals surface area contributed by atoms with Gasteiger partial charge in [-0.05, 0) is 25.7 Å². The molecule has 0 bridgehead atoms. The molecule has 4 heteroatoms. The first-order chi connectivity index (χ1) is 7.70. The van der Waals surface area contributed by atoms with Crippen molar-refractivity contribution in [2.75, 3.05) is 0 Å². The minimum atomic E-state index is -0.785. The van der Waals surface area contributed by atoms with E-state index in [0.717, 1.165) is 25.7 Å². The first-order valence-electron chi connectivity index (χ1n) is 5.83. The predicted molar refractivity (Wildman–Crippen MR) is 58.2 cm³/mol. The van der Waals surface area contributed by atoms with Gasteiger partial charge in [0, 0.05) is 0 Å². The van der Waals surface area contributed by atoms with Crippen molar-refractivity contribution in [3.05, 3.63) is 17.8 Å². The Morgan fingerprint density at radius 1 is 1.50 bits per heavy atom. The molecular weight excluding hydrogens is 206 g/mol. The topological polar surface area (TPSA) is 63.3 Å². The van der Waals surface area contributed by atoms with Crippen molar-refractivity contribution in [2.24, 2.45) is 5.92 Å². The van der Waals surface area contributed by atoms with Gasteiger partial charge in [0.25, 0.3) is 0 Å². The Morgan fingerprint density at radius 2 is 2.19 bits per heavy atom. The molecule has 4 nitrogen and oxygen atoms in total. The molecule has 1 fully saturated rings. The van der Waals surface area contributed by atoms with Gasteiger partial charge in [0.1, 0.15) is 11.7 Å². The molecular formula is C12H17NO3. The highest BCUT2D eigenvalue weighted by atomic mass is 16.4. The zero-order valence-electron chi connectivity index (χ0n) is 9.48. The van der Waals surface area contributed by atoms with E-state index in [4.69, 9.17) is 4.42 Å². The maximum atomic E-state index is 11.4. The first kappa shape index (κ1) is 11.2. The monoisotopic (exact) mass is 223 g/mol. The molecule has 1 N–H and O–H groups in total. The van der Waals surface area contributed by atoms with Gasteiger partial charge in [0.2, 0.25) is 0 Å². The Morgan fingerprint density at radius 3 is 2.69 bits per heavy atom. The average molecular weight is 223 g/mol. The summed E-state index contributed by atoms with van der Waals surface area (Å²) in [7, 11) is 0. The van der Waals surface area contributed by atoms with Crippen molar-refractivity contribution in [1.29, 1.82) is 0 Å². The van der Waals surface area contributed by atoms with Crippen LogP contribution >= 0.6 is 0 Å². The second-order valence-electron chi connectivity index (χ2n) is 4.52. The highest BCUT2D eigenvalue weighted by Crippen LogP contribution is 2.37. The van der Waals surface area contributed by atoms with Gasteiger partial charge in [-0.25, -0.2) is 4.98 Å². The number of aryl methyl sites for hydroxylation is 1. The van der Waals surface area contributed by atoms with Crippen LogP contribution < -0.4 is 0 Å². The summed E-state index contributed by atoms with van der Waals surface area (Å²) in [5.74, 6) is -0.549. The second-order valence-corrected chi connectivity index (χ2v) is 4.52. The molecule has 0 aromatic carbocycles. The summed E-state index contributed by atoms with van der Waals surface area (Å²) in [5.41, 5.74) is 0.706. The largest absolute Gasteiger partial charge is 0.481 e. The Kier molecular flexibility index (Phi) is 3.27. The average Bonchev–Trinajstić information content (AvgIpc) is 2.66. The fourth-order valence-corrected chi connectivity index (χ4v) is 2.60. The normalized spacial score (nSPS) is 19.6. The molecule has 0 amide bonds. The third-order valence-electron chi connectivity index (χ3n) is 3.45. The highest BCUT2D eigenvalue weighted by molar-refractivity contribution is 5.75. The fourth-order valence-electron chi connectivity index (χ4n) is 2.60. The van der Waals surface area contributed by atoms with Crippen molar-refractivity contribution in [3.63, 3.8) is 0 Å².